The van der Waals surface area contributed by atoms with E-state index in [1.165, 1.54) is 17.8 Å². The van der Waals surface area contributed by atoms with E-state index in [1.54, 1.807) is 11.3 Å². The van der Waals surface area contributed by atoms with Crippen molar-refractivity contribution in [3.63, 3.8) is 0 Å². The third-order valence-corrected chi connectivity index (χ3v) is 3.68. The summed E-state index contributed by atoms with van der Waals surface area (Å²) in [6.45, 7) is 6.51. The molecule has 0 radical (unpaired) electrons. The molecule has 0 amide bonds. The quantitative estimate of drug-likeness (QED) is 0.772. The van der Waals surface area contributed by atoms with Gasteiger partial charge in [-0.15, -0.1) is 11.3 Å². The fraction of sp³-hybridized carbons (Fsp3) is 0.769. The second-order valence-electron chi connectivity index (χ2n) is 4.83. The molecule has 17 heavy (non-hydrogen) atoms. The fourth-order valence-electron chi connectivity index (χ4n) is 1.75. The summed E-state index contributed by atoms with van der Waals surface area (Å²) in [5.41, 5.74) is 1.15. The third-order valence-electron chi connectivity index (χ3n) is 2.70. The second-order valence-corrected chi connectivity index (χ2v) is 5.77. The van der Waals surface area contributed by atoms with E-state index < -0.39 is 0 Å². The first-order valence-corrected chi connectivity index (χ1v) is 7.29. The van der Waals surface area contributed by atoms with Crippen molar-refractivity contribution >= 4 is 11.3 Å². The number of hydrogen-bond donors (Lipinski definition) is 1. The molecular formula is C13H25N3S. The molecule has 1 unspecified atom stereocenters. The molecule has 0 aromatic carbocycles. The van der Waals surface area contributed by atoms with Crippen LogP contribution in [0.2, 0.25) is 0 Å². The average Bonchev–Trinajstić information content (AvgIpc) is 2.68. The number of nitrogens with one attached hydrogen (secondary N) is 1. The lowest BCUT2D eigenvalue weighted by molar-refractivity contribution is 0.356. The number of aryl methyl sites for hydroxylation is 1. The van der Waals surface area contributed by atoms with E-state index in [0.29, 0.717) is 6.04 Å². The standard InChI is InChI=1S/C13H25N3S/c1-5-7-14-12(6-8-16(3)4)9-13-15-11(2)10-17-13/h10,12,14H,5-9H2,1-4H3. The van der Waals surface area contributed by atoms with E-state index >= 15 is 0 Å². The van der Waals surface area contributed by atoms with Crippen LogP contribution in [0.5, 0.6) is 0 Å². The fourth-order valence-corrected chi connectivity index (χ4v) is 2.60. The van der Waals surface area contributed by atoms with Crippen molar-refractivity contribution in [2.24, 2.45) is 0 Å². The summed E-state index contributed by atoms with van der Waals surface area (Å²) in [6, 6.07) is 0.558. The van der Waals surface area contributed by atoms with Crippen LogP contribution in [0, 0.1) is 6.92 Å². The maximum Gasteiger partial charge on any atom is 0.0943 e. The number of aromatic nitrogens is 1. The summed E-state index contributed by atoms with van der Waals surface area (Å²) in [5, 5.41) is 7.02. The maximum absolute atomic E-state index is 4.55. The first-order chi connectivity index (χ1) is 8.11. The Morgan fingerprint density at radius 2 is 2.24 bits per heavy atom. The van der Waals surface area contributed by atoms with Crippen LogP contribution in [0.1, 0.15) is 30.5 Å². The van der Waals surface area contributed by atoms with Crippen LogP contribution in [-0.4, -0.2) is 43.1 Å². The monoisotopic (exact) mass is 255 g/mol. The molecule has 0 aliphatic heterocycles. The lowest BCUT2D eigenvalue weighted by atomic mass is 10.1. The van der Waals surface area contributed by atoms with Crippen LogP contribution < -0.4 is 5.32 Å². The van der Waals surface area contributed by atoms with E-state index in [9.17, 15) is 0 Å². The Morgan fingerprint density at radius 3 is 2.76 bits per heavy atom. The predicted octanol–water partition coefficient (Wildman–Crippen LogP) is 2.31. The lowest BCUT2D eigenvalue weighted by Gasteiger charge is -2.19. The van der Waals surface area contributed by atoms with Gasteiger partial charge in [0.2, 0.25) is 0 Å². The first-order valence-electron chi connectivity index (χ1n) is 6.41. The van der Waals surface area contributed by atoms with Gasteiger partial charge in [0.15, 0.2) is 0 Å². The Balaban J connectivity index is 2.44. The van der Waals surface area contributed by atoms with Crippen molar-refractivity contribution in [2.45, 2.75) is 39.2 Å². The van der Waals surface area contributed by atoms with Crippen LogP contribution in [0.25, 0.3) is 0 Å². The lowest BCUT2D eigenvalue weighted by Crippen LogP contribution is -2.34. The van der Waals surface area contributed by atoms with Gasteiger partial charge in [0.05, 0.1) is 5.01 Å². The zero-order valence-electron chi connectivity index (χ0n) is 11.5. The highest BCUT2D eigenvalue weighted by Crippen LogP contribution is 2.12. The Labute approximate surface area is 109 Å². The molecule has 4 heteroatoms. The Hall–Kier alpha value is -0.450. The molecule has 0 saturated heterocycles. The van der Waals surface area contributed by atoms with Crippen molar-refractivity contribution in [1.82, 2.24) is 15.2 Å². The van der Waals surface area contributed by atoms with Crippen LogP contribution in [0.15, 0.2) is 5.38 Å². The van der Waals surface area contributed by atoms with Crippen LogP contribution in [0.3, 0.4) is 0 Å². The molecular weight excluding hydrogens is 230 g/mol. The number of hydrogen-bond acceptors (Lipinski definition) is 4. The summed E-state index contributed by atoms with van der Waals surface area (Å²) in [5.74, 6) is 0. The van der Waals surface area contributed by atoms with E-state index in [0.717, 1.165) is 25.2 Å². The minimum absolute atomic E-state index is 0.558. The van der Waals surface area contributed by atoms with E-state index in [2.05, 4.69) is 48.5 Å². The zero-order chi connectivity index (χ0) is 12.7. The molecule has 0 fully saturated rings. The van der Waals surface area contributed by atoms with Gasteiger partial charge in [0, 0.05) is 23.5 Å². The minimum Gasteiger partial charge on any atom is -0.314 e. The van der Waals surface area contributed by atoms with Gasteiger partial charge in [-0.1, -0.05) is 6.92 Å². The van der Waals surface area contributed by atoms with Crippen molar-refractivity contribution in [1.29, 1.82) is 0 Å². The molecule has 1 rings (SSSR count). The number of nitrogens with zero attached hydrogens (tertiary/aromatic N) is 2. The van der Waals surface area contributed by atoms with Crippen molar-refractivity contribution < 1.29 is 0 Å². The molecule has 1 atom stereocenters. The maximum atomic E-state index is 4.55. The normalized spacial score (nSPS) is 13.2. The summed E-state index contributed by atoms with van der Waals surface area (Å²) in [6.07, 6.45) is 3.44. The van der Waals surface area contributed by atoms with Gasteiger partial charge in [-0.05, 0) is 47.0 Å². The predicted molar refractivity (Wildman–Crippen MR) is 75.8 cm³/mol. The molecule has 1 aromatic heterocycles. The van der Waals surface area contributed by atoms with Gasteiger partial charge in [-0.25, -0.2) is 4.98 Å². The number of rotatable bonds is 8. The summed E-state index contributed by atoms with van der Waals surface area (Å²) in [4.78, 5) is 6.79. The van der Waals surface area contributed by atoms with Crippen LogP contribution in [-0.2, 0) is 6.42 Å². The first kappa shape index (κ1) is 14.6. The average molecular weight is 255 g/mol. The van der Waals surface area contributed by atoms with Gasteiger partial charge < -0.3 is 10.2 Å². The molecule has 1 aromatic rings. The highest BCUT2D eigenvalue weighted by molar-refractivity contribution is 7.09. The highest BCUT2D eigenvalue weighted by atomic mass is 32.1. The molecule has 3 nitrogen and oxygen atoms in total. The van der Waals surface area contributed by atoms with Crippen molar-refractivity contribution in [3.05, 3.63) is 16.1 Å². The van der Waals surface area contributed by atoms with Gasteiger partial charge in [-0.3, -0.25) is 0 Å². The molecule has 1 N–H and O–H groups in total. The topological polar surface area (TPSA) is 28.2 Å². The second kappa shape index (κ2) is 7.80. The molecule has 1 heterocycles. The minimum atomic E-state index is 0.558. The smallest absolute Gasteiger partial charge is 0.0943 e. The SMILES string of the molecule is CCCNC(CCN(C)C)Cc1nc(C)cs1. The Kier molecular flexibility index (Phi) is 6.70. The van der Waals surface area contributed by atoms with Gasteiger partial charge in [0.25, 0.3) is 0 Å². The highest BCUT2D eigenvalue weighted by Gasteiger charge is 2.11. The molecule has 0 aliphatic rings. The summed E-state index contributed by atoms with van der Waals surface area (Å²) < 4.78 is 0. The molecule has 0 bridgehead atoms. The van der Waals surface area contributed by atoms with E-state index in [1.807, 2.05) is 0 Å². The van der Waals surface area contributed by atoms with Gasteiger partial charge in [0.1, 0.15) is 0 Å². The molecule has 0 saturated carbocycles. The molecule has 0 aliphatic carbocycles. The zero-order valence-corrected chi connectivity index (χ0v) is 12.3. The number of thiazole rings is 1. The van der Waals surface area contributed by atoms with E-state index in [-0.39, 0.29) is 0 Å². The van der Waals surface area contributed by atoms with Crippen molar-refractivity contribution in [3.8, 4) is 0 Å². The van der Waals surface area contributed by atoms with Crippen LogP contribution in [0.4, 0.5) is 0 Å². The Morgan fingerprint density at radius 1 is 1.47 bits per heavy atom. The summed E-state index contributed by atoms with van der Waals surface area (Å²) in [7, 11) is 4.26. The van der Waals surface area contributed by atoms with Gasteiger partial charge in [-0.2, -0.15) is 0 Å². The van der Waals surface area contributed by atoms with Crippen molar-refractivity contribution in [2.75, 3.05) is 27.2 Å². The Bertz CT molecular complexity index is 309. The van der Waals surface area contributed by atoms with E-state index in [4.69, 9.17) is 0 Å². The molecule has 0 spiro atoms. The van der Waals surface area contributed by atoms with Crippen LogP contribution >= 0.6 is 11.3 Å². The summed E-state index contributed by atoms with van der Waals surface area (Å²) >= 11 is 1.78. The van der Waals surface area contributed by atoms with Gasteiger partial charge >= 0.3 is 0 Å². The molecule has 98 valence electrons. The third kappa shape index (κ3) is 6.15. The largest absolute Gasteiger partial charge is 0.314 e.